The molecule has 1 amide bonds. The molecule has 162 valence electrons. The summed E-state index contributed by atoms with van der Waals surface area (Å²) in [7, 11) is -3.76. The first-order valence-electron chi connectivity index (χ1n) is 9.22. The maximum absolute atomic E-state index is 12.7. The van der Waals surface area contributed by atoms with E-state index in [-0.39, 0.29) is 11.5 Å². The van der Waals surface area contributed by atoms with Crippen LogP contribution in [0.4, 0.5) is 11.4 Å². The highest BCUT2D eigenvalue weighted by molar-refractivity contribution is 7.92. The zero-order valence-electron chi connectivity index (χ0n) is 16.8. The molecular formula is C22H20Cl2N2O4S. The number of aryl methyl sites for hydroxylation is 2. The molecule has 31 heavy (non-hydrogen) atoms. The molecule has 0 saturated heterocycles. The predicted molar refractivity (Wildman–Crippen MR) is 124 cm³/mol. The smallest absolute Gasteiger partial charge is 0.262 e. The number of carbonyl (C=O) groups is 1. The van der Waals surface area contributed by atoms with Crippen LogP contribution in [0.5, 0.6) is 5.75 Å². The van der Waals surface area contributed by atoms with Crippen LogP contribution in [0.25, 0.3) is 0 Å². The number of benzene rings is 3. The third-order valence-corrected chi connectivity index (χ3v) is 6.28. The predicted octanol–water partition coefficient (Wildman–Crippen LogP) is 5.43. The van der Waals surface area contributed by atoms with Gasteiger partial charge in [0.15, 0.2) is 6.61 Å². The maximum Gasteiger partial charge on any atom is 0.262 e. The van der Waals surface area contributed by atoms with Crippen molar-refractivity contribution in [2.24, 2.45) is 0 Å². The second kappa shape index (κ2) is 9.60. The van der Waals surface area contributed by atoms with Crippen molar-refractivity contribution in [2.75, 3.05) is 16.6 Å². The van der Waals surface area contributed by atoms with Crippen LogP contribution in [-0.2, 0) is 14.8 Å². The van der Waals surface area contributed by atoms with E-state index in [9.17, 15) is 13.2 Å². The Balaban J connectivity index is 1.61. The van der Waals surface area contributed by atoms with E-state index in [1.54, 1.807) is 18.2 Å². The molecular weight excluding hydrogens is 459 g/mol. The number of nitrogens with one attached hydrogen (secondary N) is 2. The fourth-order valence-electron chi connectivity index (χ4n) is 2.69. The van der Waals surface area contributed by atoms with E-state index in [1.165, 1.54) is 30.3 Å². The highest BCUT2D eigenvalue weighted by Gasteiger charge is 2.16. The highest BCUT2D eigenvalue weighted by Crippen LogP contribution is 2.26. The van der Waals surface area contributed by atoms with Crippen molar-refractivity contribution in [1.29, 1.82) is 0 Å². The molecule has 0 fully saturated rings. The van der Waals surface area contributed by atoms with Crippen LogP contribution in [0.1, 0.15) is 11.1 Å². The average molecular weight is 479 g/mol. The molecule has 0 aliphatic carbocycles. The monoisotopic (exact) mass is 478 g/mol. The minimum absolute atomic E-state index is 0.0816. The van der Waals surface area contributed by atoms with Gasteiger partial charge in [-0.3, -0.25) is 9.52 Å². The molecule has 0 spiro atoms. The van der Waals surface area contributed by atoms with Gasteiger partial charge in [-0.1, -0.05) is 35.3 Å². The number of anilines is 2. The first-order chi connectivity index (χ1) is 14.6. The zero-order valence-corrected chi connectivity index (χ0v) is 19.1. The van der Waals surface area contributed by atoms with Gasteiger partial charge in [0.05, 0.1) is 21.3 Å². The molecule has 9 heteroatoms. The molecule has 0 atom stereocenters. The highest BCUT2D eigenvalue weighted by atomic mass is 35.5. The number of rotatable bonds is 7. The van der Waals surface area contributed by atoms with Crippen LogP contribution in [-0.4, -0.2) is 20.9 Å². The van der Waals surface area contributed by atoms with Crippen LogP contribution in [0, 0.1) is 13.8 Å². The Bertz CT molecular complexity index is 1210. The van der Waals surface area contributed by atoms with Gasteiger partial charge in [0.2, 0.25) is 0 Å². The first-order valence-corrected chi connectivity index (χ1v) is 11.5. The standard InChI is InChI=1S/C22H20Cl2N2O4S/c1-14-3-4-15(2)21(11-14)26-31(28,29)18-8-6-17(7-9-18)30-13-22(27)25-20-10-5-16(23)12-19(20)24/h3-12,26H,13H2,1-2H3,(H,25,27). The molecule has 3 aromatic rings. The molecule has 0 saturated carbocycles. The molecule has 6 nitrogen and oxygen atoms in total. The fraction of sp³-hybridized carbons (Fsp3) is 0.136. The fourth-order valence-corrected chi connectivity index (χ4v) is 4.27. The van der Waals surface area contributed by atoms with Gasteiger partial charge in [-0.2, -0.15) is 0 Å². The number of amides is 1. The largest absolute Gasteiger partial charge is 0.484 e. The summed E-state index contributed by atoms with van der Waals surface area (Å²) in [6.07, 6.45) is 0. The normalized spacial score (nSPS) is 11.1. The maximum atomic E-state index is 12.7. The summed E-state index contributed by atoms with van der Waals surface area (Å²) in [5.41, 5.74) is 2.71. The number of hydrogen-bond acceptors (Lipinski definition) is 4. The van der Waals surface area contributed by atoms with Crippen molar-refractivity contribution in [2.45, 2.75) is 18.7 Å². The van der Waals surface area contributed by atoms with Crippen molar-refractivity contribution < 1.29 is 17.9 Å². The van der Waals surface area contributed by atoms with Crippen LogP contribution in [0.3, 0.4) is 0 Å². The molecule has 0 bridgehead atoms. The van der Waals surface area contributed by atoms with E-state index in [2.05, 4.69) is 10.0 Å². The quantitative estimate of drug-likeness (QED) is 0.474. The first kappa shape index (κ1) is 22.9. The van der Waals surface area contributed by atoms with Crippen LogP contribution >= 0.6 is 23.2 Å². The summed E-state index contributed by atoms with van der Waals surface area (Å²) in [4.78, 5) is 12.2. The lowest BCUT2D eigenvalue weighted by Crippen LogP contribution is -2.20. The molecule has 3 rings (SSSR count). The molecule has 0 aliphatic heterocycles. The second-order valence-corrected chi connectivity index (χ2v) is 9.38. The third kappa shape index (κ3) is 6.13. The Labute approximate surface area is 191 Å². The average Bonchev–Trinajstić information content (AvgIpc) is 2.71. The Morgan fingerprint density at radius 1 is 0.935 bits per heavy atom. The summed E-state index contributed by atoms with van der Waals surface area (Å²) in [5.74, 6) is -0.0689. The minimum atomic E-state index is -3.76. The van der Waals surface area contributed by atoms with Crippen molar-refractivity contribution in [1.82, 2.24) is 0 Å². The molecule has 0 aliphatic rings. The lowest BCUT2D eigenvalue weighted by atomic mass is 10.1. The SMILES string of the molecule is Cc1ccc(C)c(NS(=O)(=O)c2ccc(OCC(=O)Nc3ccc(Cl)cc3Cl)cc2)c1. The van der Waals surface area contributed by atoms with Crippen molar-refractivity contribution in [3.63, 3.8) is 0 Å². The third-order valence-electron chi connectivity index (χ3n) is 4.35. The number of hydrogen-bond donors (Lipinski definition) is 2. The molecule has 0 heterocycles. The van der Waals surface area contributed by atoms with Crippen molar-refractivity contribution in [3.8, 4) is 5.75 Å². The number of ether oxygens (including phenoxy) is 1. The molecule has 0 unspecified atom stereocenters. The van der Waals surface area contributed by atoms with Gasteiger partial charge in [0, 0.05) is 5.02 Å². The van der Waals surface area contributed by atoms with E-state index in [1.807, 2.05) is 26.0 Å². The van der Waals surface area contributed by atoms with Crippen LogP contribution < -0.4 is 14.8 Å². The van der Waals surface area contributed by atoms with Crippen molar-refractivity contribution in [3.05, 3.63) is 81.8 Å². The Hall–Kier alpha value is -2.74. The van der Waals surface area contributed by atoms with Crippen LogP contribution in [0.2, 0.25) is 10.0 Å². The Morgan fingerprint density at radius 3 is 2.32 bits per heavy atom. The lowest BCUT2D eigenvalue weighted by molar-refractivity contribution is -0.118. The number of halogens is 2. The van der Waals surface area contributed by atoms with E-state index < -0.39 is 15.9 Å². The van der Waals surface area contributed by atoms with E-state index >= 15 is 0 Å². The minimum Gasteiger partial charge on any atom is -0.484 e. The van der Waals surface area contributed by atoms with E-state index in [0.717, 1.165) is 11.1 Å². The second-order valence-electron chi connectivity index (χ2n) is 6.86. The molecule has 0 aromatic heterocycles. The van der Waals surface area contributed by atoms with Gasteiger partial charge < -0.3 is 10.1 Å². The van der Waals surface area contributed by atoms with Gasteiger partial charge in [-0.05, 0) is 73.5 Å². The van der Waals surface area contributed by atoms with Gasteiger partial charge in [0.1, 0.15) is 5.75 Å². The summed E-state index contributed by atoms with van der Waals surface area (Å²) in [5, 5.41) is 3.39. The summed E-state index contributed by atoms with van der Waals surface area (Å²) < 4.78 is 33.4. The number of sulfonamides is 1. The van der Waals surface area contributed by atoms with Crippen LogP contribution in [0.15, 0.2) is 65.6 Å². The van der Waals surface area contributed by atoms with Gasteiger partial charge in [0.25, 0.3) is 15.9 Å². The lowest BCUT2D eigenvalue weighted by Gasteiger charge is -2.12. The molecule has 2 N–H and O–H groups in total. The molecule has 0 radical (unpaired) electrons. The van der Waals surface area contributed by atoms with Crippen molar-refractivity contribution >= 4 is 50.5 Å². The number of carbonyl (C=O) groups excluding carboxylic acids is 1. The molecule has 3 aromatic carbocycles. The summed E-state index contributed by atoms with van der Waals surface area (Å²) in [6.45, 7) is 3.45. The van der Waals surface area contributed by atoms with Gasteiger partial charge in [-0.15, -0.1) is 0 Å². The summed E-state index contributed by atoms with van der Waals surface area (Å²) >= 11 is 11.9. The zero-order chi connectivity index (χ0) is 22.6. The summed E-state index contributed by atoms with van der Waals surface area (Å²) in [6, 6.07) is 16.1. The Kier molecular flexibility index (Phi) is 7.10. The Morgan fingerprint density at radius 2 is 1.65 bits per heavy atom. The van der Waals surface area contributed by atoms with Gasteiger partial charge >= 0.3 is 0 Å². The van der Waals surface area contributed by atoms with Gasteiger partial charge in [-0.25, -0.2) is 8.42 Å². The topological polar surface area (TPSA) is 84.5 Å². The van der Waals surface area contributed by atoms with E-state index in [4.69, 9.17) is 27.9 Å². The van der Waals surface area contributed by atoms with E-state index in [0.29, 0.717) is 27.2 Å².